The monoisotopic (exact) mass is 253 g/mol. The van der Waals surface area contributed by atoms with Crippen molar-refractivity contribution in [3.63, 3.8) is 0 Å². The Morgan fingerprint density at radius 2 is 2.22 bits per heavy atom. The number of pyridine rings is 1. The molecule has 0 aliphatic heterocycles. The third kappa shape index (κ3) is 4.82. The van der Waals surface area contributed by atoms with Crippen LogP contribution in [0.2, 0.25) is 0 Å². The fourth-order valence-electron chi connectivity index (χ4n) is 1.27. The first-order valence-corrected chi connectivity index (χ1v) is 5.61. The van der Waals surface area contributed by atoms with E-state index in [0.717, 1.165) is 12.0 Å². The maximum atomic E-state index is 11.2. The SMILES string of the molecule is CCc1ccc[n+](COC(=O)NCC(=O)OC)c1. The number of methoxy groups -OCH3 is 1. The van der Waals surface area contributed by atoms with Crippen LogP contribution in [0.25, 0.3) is 0 Å². The Morgan fingerprint density at radius 3 is 2.89 bits per heavy atom. The Labute approximate surface area is 106 Å². The fraction of sp³-hybridized carbons (Fsp3) is 0.417. The van der Waals surface area contributed by atoms with Crippen molar-refractivity contribution in [1.82, 2.24) is 5.32 Å². The van der Waals surface area contributed by atoms with Crippen LogP contribution in [-0.4, -0.2) is 25.7 Å². The molecule has 0 unspecified atom stereocenters. The molecule has 0 fully saturated rings. The quantitative estimate of drug-likeness (QED) is 0.609. The number of hydrogen-bond acceptors (Lipinski definition) is 4. The highest BCUT2D eigenvalue weighted by molar-refractivity contribution is 5.77. The molecular weight excluding hydrogens is 236 g/mol. The van der Waals surface area contributed by atoms with Crippen LogP contribution in [0.1, 0.15) is 12.5 Å². The van der Waals surface area contributed by atoms with Gasteiger partial charge in [0.25, 0.3) is 6.73 Å². The van der Waals surface area contributed by atoms with Gasteiger partial charge in [0.05, 0.1) is 7.11 Å². The number of carbonyl (C=O) groups is 2. The molecule has 0 aromatic carbocycles. The normalized spacial score (nSPS) is 9.67. The number of esters is 1. The van der Waals surface area contributed by atoms with Crippen molar-refractivity contribution >= 4 is 12.1 Å². The van der Waals surface area contributed by atoms with E-state index < -0.39 is 12.1 Å². The van der Waals surface area contributed by atoms with Gasteiger partial charge in [0, 0.05) is 11.6 Å². The summed E-state index contributed by atoms with van der Waals surface area (Å²) in [5.74, 6) is -0.521. The molecular formula is C12H17N2O4+. The zero-order valence-electron chi connectivity index (χ0n) is 10.5. The average molecular weight is 253 g/mol. The van der Waals surface area contributed by atoms with E-state index in [9.17, 15) is 9.59 Å². The second kappa shape index (κ2) is 7.26. The van der Waals surface area contributed by atoms with Crippen LogP contribution in [0.15, 0.2) is 24.5 Å². The molecule has 0 bridgehead atoms. The maximum absolute atomic E-state index is 11.2. The van der Waals surface area contributed by atoms with Crippen LogP contribution >= 0.6 is 0 Å². The van der Waals surface area contributed by atoms with Crippen molar-refractivity contribution in [2.24, 2.45) is 0 Å². The molecule has 0 atom stereocenters. The Balaban J connectivity index is 2.35. The van der Waals surface area contributed by atoms with E-state index >= 15 is 0 Å². The van der Waals surface area contributed by atoms with Gasteiger partial charge in [-0.15, -0.1) is 0 Å². The molecule has 1 aromatic rings. The van der Waals surface area contributed by atoms with Crippen LogP contribution in [-0.2, 0) is 27.4 Å². The van der Waals surface area contributed by atoms with Crippen LogP contribution in [0, 0.1) is 0 Å². The van der Waals surface area contributed by atoms with Gasteiger partial charge in [-0.25, -0.2) is 4.79 Å². The molecule has 18 heavy (non-hydrogen) atoms. The molecule has 0 saturated carbocycles. The average Bonchev–Trinajstić information content (AvgIpc) is 2.42. The molecule has 98 valence electrons. The predicted molar refractivity (Wildman–Crippen MR) is 62.5 cm³/mol. The lowest BCUT2D eigenvalue weighted by Gasteiger charge is -2.03. The molecule has 0 aliphatic carbocycles. The Morgan fingerprint density at radius 1 is 1.44 bits per heavy atom. The van der Waals surface area contributed by atoms with Crippen molar-refractivity contribution in [2.75, 3.05) is 13.7 Å². The Hall–Kier alpha value is -2.11. The van der Waals surface area contributed by atoms with Gasteiger partial charge < -0.3 is 14.8 Å². The van der Waals surface area contributed by atoms with Gasteiger partial charge in [0.15, 0.2) is 12.4 Å². The minimum Gasteiger partial charge on any atom is -0.468 e. The van der Waals surface area contributed by atoms with Gasteiger partial charge in [-0.2, -0.15) is 4.57 Å². The van der Waals surface area contributed by atoms with Gasteiger partial charge in [0.2, 0.25) is 0 Å². The van der Waals surface area contributed by atoms with E-state index in [4.69, 9.17) is 4.74 Å². The Bertz CT molecular complexity index is 420. The second-order valence-corrected chi connectivity index (χ2v) is 3.57. The first-order valence-electron chi connectivity index (χ1n) is 5.61. The topological polar surface area (TPSA) is 68.5 Å². The van der Waals surface area contributed by atoms with Gasteiger partial charge in [-0.05, 0) is 12.5 Å². The number of rotatable bonds is 5. The number of aryl methyl sites for hydroxylation is 1. The molecule has 1 heterocycles. The Kier molecular flexibility index (Phi) is 5.63. The van der Waals surface area contributed by atoms with Crippen molar-refractivity contribution in [3.8, 4) is 0 Å². The van der Waals surface area contributed by atoms with Crippen LogP contribution in [0.5, 0.6) is 0 Å². The van der Waals surface area contributed by atoms with Crippen LogP contribution in [0.3, 0.4) is 0 Å². The molecule has 6 nitrogen and oxygen atoms in total. The summed E-state index contributed by atoms with van der Waals surface area (Å²) in [6, 6.07) is 3.88. The fourth-order valence-corrected chi connectivity index (χ4v) is 1.27. The molecule has 0 aliphatic rings. The lowest BCUT2D eigenvalue weighted by Crippen LogP contribution is -2.39. The van der Waals surface area contributed by atoms with Crippen LogP contribution in [0.4, 0.5) is 4.79 Å². The number of nitrogens with zero attached hydrogens (tertiary/aromatic N) is 1. The number of alkyl carbamates (subject to hydrolysis) is 1. The van der Waals surface area contributed by atoms with Gasteiger partial charge in [-0.1, -0.05) is 6.92 Å². The summed E-state index contributed by atoms with van der Waals surface area (Å²) in [4.78, 5) is 22.0. The van der Waals surface area contributed by atoms with Gasteiger partial charge in [0.1, 0.15) is 6.54 Å². The van der Waals surface area contributed by atoms with Crippen LogP contribution < -0.4 is 9.88 Å². The lowest BCUT2D eigenvalue weighted by atomic mass is 10.2. The largest absolute Gasteiger partial charge is 0.468 e. The lowest BCUT2D eigenvalue weighted by molar-refractivity contribution is -0.727. The molecule has 1 N–H and O–H groups in total. The highest BCUT2D eigenvalue weighted by Crippen LogP contribution is 1.94. The minimum atomic E-state index is -0.658. The van der Waals surface area contributed by atoms with Crippen molar-refractivity contribution in [2.45, 2.75) is 20.1 Å². The number of carbonyl (C=O) groups excluding carboxylic acids is 2. The van der Waals surface area contributed by atoms with Gasteiger partial charge >= 0.3 is 12.1 Å². The number of ether oxygens (including phenoxy) is 2. The predicted octanol–water partition coefficient (Wildman–Crippen LogP) is 0.393. The van der Waals surface area contributed by atoms with E-state index in [-0.39, 0.29) is 13.3 Å². The first kappa shape index (κ1) is 14.0. The summed E-state index contributed by atoms with van der Waals surface area (Å²) in [6.45, 7) is 1.94. The number of aromatic nitrogens is 1. The summed E-state index contributed by atoms with van der Waals surface area (Å²) < 4.78 is 11.1. The zero-order valence-corrected chi connectivity index (χ0v) is 10.5. The van der Waals surface area contributed by atoms with E-state index in [1.54, 1.807) is 10.8 Å². The summed E-state index contributed by atoms with van der Waals surface area (Å²) in [6.07, 6.45) is 3.95. The highest BCUT2D eigenvalue weighted by Gasteiger charge is 2.08. The first-order chi connectivity index (χ1) is 8.65. The molecule has 0 radical (unpaired) electrons. The molecule has 6 heteroatoms. The van der Waals surface area contributed by atoms with Gasteiger partial charge in [-0.3, -0.25) is 4.79 Å². The molecule has 1 amide bonds. The smallest absolute Gasteiger partial charge is 0.412 e. The summed E-state index contributed by atoms with van der Waals surface area (Å²) in [5, 5.41) is 2.28. The minimum absolute atomic E-state index is 0.0981. The third-order valence-corrected chi connectivity index (χ3v) is 2.28. The third-order valence-electron chi connectivity index (χ3n) is 2.28. The number of amides is 1. The van der Waals surface area contributed by atoms with Crippen molar-refractivity contribution in [1.29, 1.82) is 0 Å². The maximum Gasteiger partial charge on any atom is 0.412 e. The molecule has 0 spiro atoms. The van der Waals surface area contributed by atoms with Crippen molar-refractivity contribution in [3.05, 3.63) is 30.1 Å². The summed E-state index contributed by atoms with van der Waals surface area (Å²) >= 11 is 0. The molecule has 1 aromatic heterocycles. The van der Waals surface area contributed by atoms with E-state index in [0.29, 0.717) is 0 Å². The zero-order chi connectivity index (χ0) is 13.4. The number of nitrogens with one attached hydrogen (secondary N) is 1. The molecule has 1 rings (SSSR count). The second-order valence-electron chi connectivity index (χ2n) is 3.57. The van der Waals surface area contributed by atoms with Crippen molar-refractivity contribution < 1.29 is 23.6 Å². The van der Waals surface area contributed by atoms with E-state index in [2.05, 4.69) is 10.1 Å². The number of hydrogen-bond donors (Lipinski definition) is 1. The molecule has 0 saturated heterocycles. The standard InChI is InChI=1S/C12H16N2O4/c1-3-10-5-4-6-14(8-10)9-18-12(16)13-7-11(15)17-2/h4-6,8H,3,7,9H2,1-2H3/p+1. The summed E-state index contributed by atoms with van der Waals surface area (Å²) in [7, 11) is 1.25. The highest BCUT2D eigenvalue weighted by atomic mass is 16.6. The van der Waals surface area contributed by atoms with E-state index in [1.165, 1.54) is 7.11 Å². The van der Waals surface area contributed by atoms with E-state index in [1.807, 2.05) is 25.3 Å². The summed E-state index contributed by atoms with van der Waals surface area (Å²) in [5.41, 5.74) is 1.15.